The average Bonchev–Trinajstić information content (AvgIpc) is 2.90. The number of phenols is 1. The van der Waals surface area contributed by atoms with Crippen LogP contribution in [0.15, 0.2) is 24.3 Å². The first kappa shape index (κ1) is 14.3. The fraction of sp³-hybridized carbons (Fsp3) is 0.385. The minimum absolute atomic E-state index is 0.0193. The lowest BCUT2D eigenvalue weighted by atomic mass is 10.2. The van der Waals surface area contributed by atoms with Crippen LogP contribution in [0.4, 0.5) is 0 Å². The van der Waals surface area contributed by atoms with Gasteiger partial charge in [0.1, 0.15) is 5.75 Å². The lowest BCUT2D eigenvalue weighted by Gasteiger charge is -2.11. The number of phenolic OH excluding ortho intramolecular Hbond substituents is 1. The van der Waals surface area contributed by atoms with Gasteiger partial charge in [-0.25, -0.2) is 9.59 Å². The van der Waals surface area contributed by atoms with Crippen LogP contribution in [0.3, 0.4) is 0 Å². The summed E-state index contributed by atoms with van der Waals surface area (Å²) >= 11 is 0. The summed E-state index contributed by atoms with van der Waals surface area (Å²) < 4.78 is 19.9. The van der Waals surface area contributed by atoms with Gasteiger partial charge in [0.25, 0.3) is 0 Å². The van der Waals surface area contributed by atoms with Crippen molar-refractivity contribution in [1.82, 2.24) is 0 Å². The first-order chi connectivity index (χ1) is 9.56. The highest BCUT2D eigenvalue weighted by molar-refractivity contribution is 5.86. The molecule has 0 aliphatic carbocycles. The van der Waals surface area contributed by atoms with Crippen LogP contribution in [0.25, 0.3) is 0 Å². The Labute approximate surface area is 115 Å². The summed E-state index contributed by atoms with van der Waals surface area (Å²) in [6, 6.07) is 6.13. The highest BCUT2D eigenvalue weighted by Crippen LogP contribution is 2.33. The number of methoxy groups -OCH3 is 2. The molecule has 7 heteroatoms. The number of carbonyl (C=O) groups is 2. The molecule has 0 amide bonds. The SMILES string of the molecule is COC(=O)[C@@H]1OC(c2cccc(O)c2)O[C@H]1C(=O)OC. The van der Waals surface area contributed by atoms with Gasteiger partial charge in [0.2, 0.25) is 0 Å². The molecule has 0 aromatic heterocycles. The molecule has 2 atom stereocenters. The van der Waals surface area contributed by atoms with Gasteiger partial charge in [0, 0.05) is 5.56 Å². The van der Waals surface area contributed by atoms with Crippen LogP contribution < -0.4 is 0 Å². The quantitative estimate of drug-likeness (QED) is 0.808. The van der Waals surface area contributed by atoms with Crippen molar-refractivity contribution in [2.45, 2.75) is 18.5 Å². The Hall–Kier alpha value is -2.12. The molecule has 1 heterocycles. The number of carbonyl (C=O) groups excluding carboxylic acids is 2. The second-order valence-electron chi connectivity index (χ2n) is 4.09. The first-order valence-electron chi connectivity index (χ1n) is 5.82. The van der Waals surface area contributed by atoms with Crippen molar-refractivity contribution < 1.29 is 33.6 Å². The lowest BCUT2D eigenvalue weighted by molar-refractivity contribution is -0.160. The van der Waals surface area contributed by atoms with Crippen LogP contribution >= 0.6 is 0 Å². The Morgan fingerprint density at radius 1 is 1.10 bits per heavy atom. The van der Waals surface area contributed by atoms with E-state index in [9.17, 15) is 14.7 Å². The number of rotatable bonds is 3. The molecular formula is C13H14O7. The minimum Gasteiger partial charge on any atom is -0.508 e. The summed E-state index contributed by atoms with van der Waals surface area (Å²) in [5.41, 5.74) is 0.477. The monoisotopic (exact) mass is 282 g/mol. The maximum Gasteiger partial charge on any atom is 0.338 e. The highest BCUT2D eigenvalue weighted by Gasteiger charge is 2.47. The molecule has 0 spiro atoms. The minimum atomic E-state index is -1.21. The van der Waals surface area contributed by atoms with Gasteiger partial charge in [-0.3, -0.25) is 0 Å². The third-order valence-corrected chi connectivity index (χ3v) is 2.82. The van der Waals surface area contributed by atoms with E-state index in [2.05, 4.69) is 9.47 Å². The van der Waals surface area contributed by atoms with Crippen molar-refractivity contribution in [3.8, 4) is 5.75 Å². The van der Waals surface area contributed by atoms with Crippen LogP contribution in [-0.4, -0.2) is 43.5 Å². The van der Waals surface area contributed by atoms with E-state index in [1.165, 1.54) is 26.4 Å². The Bertz CT molecular complexity index is 489. The standard InChI is InChI=1S/C13H14O7/c1-17-11(15)9-10(12(16)18-2)20-13(19-9)7-4-3-5-8(14)6-7/h3-6,9-10,13-14H,1-2H3/t9-,10-/m1/s1. The van der Waals surface area contributed by atoms with Crippen molar-refractivity contribution in [1.29, 1.82) is 0 Å². The number of aromatic hydroxyl groups is 1. The Kier molecular flexibility index (Phi) is 4.21. The van der Waals surface area contributed by atoms with Crippen molar-refractivity contribution in [3.05, 3.63) is 29.8 Å². The molecule has 1 aromatic rings. The number of hydrogen-bond acceptors (Lipinski definition) is 7. The van der Waals surface area contributed by atoms with Crippen molar-refractivity contribution in [2.24, 2.45) is 0 Å². The van der Waals surface area contributed by atoms with E-state index in [-0.39, 0.29) is 5.75 Å². The zero-order valence-corrected chi connectivity index (χ0v) is 10.9. The van der Waals surface area contributed by atoms with Crippen molar-refractivity contribution >= 4 is 11.9 Å². The molecule has 1 saturated heterocycles. The summed E-state index contributed by atoms with van der Waals surface area (Å²) in [4.78, 5) is 23.2. The van der Waals surface area contributed by atoms with E-state index in [1.807, 2.05) is 0 Å². The van der Waals surface area contributed by atoms with Gasteiger partial charge < -0.3 is 24.1 Å². The molecule has 7 nitrogen and oxygen atoms in total. The highest BCUT2D eigenvalue weighted by atomic mass is 16.8. The molecule has 1 aliphatic rings. The van der Waals surface area contributed by atoms with E-state index in [1.54, 1.807) is 12.1 Å². The summed E-state index contributed by atoms with van der Waals surface area (Å²) in [5.74, 6) is -1.45. The van der Waals surface area contributed by atoms with Crippen LogP contribution in [0, 0.1) is 0 Å². The molecule has 108 valence electrons. The normalized spacial score (nSPS) is 22.5. The van der Waals surface area contributed by atoms with Gasteiger partial charge in [-0.2, -0.15) is 0 Å². The van der Waals surface area contributed by atoms with Gasteiger partial charge >= 0.3 is 11.9 Å². The molecule has 1 fully saturated rings. The van der Waals surface area contributed by atoms with E-state index in [4.69, 9.17) is 9.47 Å². The second kappa shape index (κ2) is 5.89. The molecule has 1 N–H and O–H groups in total. The van der Waals surface area contributed by atoms with Crippen LogP contribution in [0.1, 0.15) is 11.9 Å². The summed E-state index contributed by atoms with van der Waals surface area (Å²) in [6.07, 6.45) is -3.38. The first-order valence-corrected chi connectivity index (χ1v) is 5.82. The average molecular weight is 282 g/mol. The number of esters is 2. The largest absolute Gasteiger partial charge is 0.508 e. The van der Waals surface area contributed by atoms with E-state index in [0.717, 1.165) is 0 Å². The summed E-state index contributed by atoms with van der Waals surface area (Å²) in [5, 5.41) is 9.42. The van der Waals surface area contributed by atoms with E-state index in [0.29, 0.717) is 5.56 Å². The van der Waals surface area contributed by atoms with Crippen LogP contribution in [0.2, 0.25) is 0 Å². The molecular weight excluding hydrogens is 268 g/mol. The Morgan fingerprint density at radius 2 is 1.65 bits per heavy atom. The molecule has 0 saturated carbocycles. The fourth-order valence-electron chi connectivity index (χ4n) is 1.86. The molecule has 2 rings (SSSR count). The molecule has 20 heavy (non-hydrogen) atoms. The van der Waals surface area contributed by atoms with Gasteiger partial charge in [0.05, 0.1) is 14.2 Å². The Balaban J connectivity index is 2.23. The van der Waals surface area contributed by atoms with Gasteiger partial charge in [-0.15, -0.1) is 0 Å². The van der Waals surface area contributed by atoms with Gasteiger partial charge in [-0.1, -0.05) is 12.1 Å². The summed E-state index contributed by atoms with van der Waals surface area (Å²) in [7, 11) is 2.36. The van der Waals surface area contributed by atoms with Crippen LogP contribution in [-0.2, 0) is 28.5 Å². The zero-order chi connectivity index (χ0) is 14.7. The third-order valence-electron chi connectivity index (χ3n) is 2.82. The molecule has 1 aromatic carbocycles. The van der Waals surface area contributed by atoms with E-state index >= 15 is 0 Å². The maximum atomic E-state index is 11.6. The Morgan fingerprint density at radius 3 is 2.10 bits per heavy atom. The molecule has 0 radical (unpaired) electrons. The third kappa shape index (κ3) is 2.73. The topological polar surface area (TPSA) is 91.3 Å². The predicted molar refractivity (Wildman–Crippen MR) is 64.6 cm³/mol. The number of ether oxygens (including phenoxy) is 4. The smallest absolute Gasteiger partial charge is 0.338 e. The molecule has 1 aliphatic heterocycles. The molecule has 0 unspecified atom stereocenters. The van der Waals surface area contributed by atoms with Gasteiger partial charge in [-0.05, 0) is 12.1 Å². The lowest BCUT2D eigenvalue weighted by Crippen LogP contribution is -2.38. The van der Waals surface area contributed by atoms with Crippen LogP contribution in [0.5, 0.6) is 5.75 Å². The maximum absolute atomic E-state index is 11.6. The zero-order valence-electron chi connectivity index (χ0n) is 10.9. The predicted octanol–water partition coefficient (Wildman–Crippen LogP) is 0.521. The van der Waals surface area contributed by atoms with E-state index < -0.39 is 30.4 Å². The van der Waals surface area contributed by atoms with Crippen molar-refractivity contribution in [3.63, 3.8) is 0 Å². The van der Waals surface area contributed by atoms with Crippen molar-refractivity contribution in [2.75, 3.05) is 14.2 Å². The fourth-order valence-corrected chi connectivity index (χ4v) is 1.86. The number of hydrogen-bond donors (Lipinski definition) is 1. The summed E-state index contributed by atoms with van der Waals surface area (Å²) in [6.45, 7) is 0. The number of benzene rings is 1. The molecule has 0 bridgehead atoms. The second-order valence-corrected chi connectivity index (χ2v) is 4.09. The van der Waals surface area contributed by atoms with Gasteiger partial charge in [0.15, 0.2) is 18.5 Å².